The standard InChI is InChI=1S/C31H20BrN/c32-22-15-16-29-25(17-22)26-18-24-23-13-7-8-14-27(23)31(20-9-3-1-4-10-20,21-11-5-2-6-12-21)28(24)19-30(26)33-29/h1-19,33H. The normalized spacial score (nSPS) is 13.8. The van der Waals surface area contributed by atoms with Gasteiger partial charge in [-0.25, -0.2) is 0 Å². The van der Waals surface area contributed by atoms with Crippen molar-refractivity contribution in [2.24, 2.45) is 0 Å². The Labute approximate surface area is 200 Å². The number of rotatable bonds is 2. The summed E-state index contributed by atoms with van der Waals surface area (Å²) in [7, 11) is 0. The molecule has 1 aliphatic carbocycles. The van der Waals surface area contributed by atoms with Crippen LogP contribution in [0.15, 0.2) is 120 Å². The Kier molecular flexibility index (Phi) is 3.97. The number of hydrogen-bond acceptors (Lipinski definition) is 0. The average Bonchev–Trinajstić information content (AvgIpc) is 3.36. The molecule has 0 amide bonds. The molecule has 1 N–H and O–H groups in total. The summed E-state index contributed by atoms with van der Waals surface area (Å²) in [6, 6.07) is 42.0. The third kappa shape index (κ3) is 2.53. The quantitative estimate of drug-likeness (QED) is 0.252. The van der Waals surface area contributed by atoms with Crippen LogP contribution >= 0.6 is 15.9 Å². The fourth-order valence-electron chi connectivity index (χ4n) is 5.81. The molecule has 5 aromatic carbocycles. The van der Waals surface area contributed by atoms with Crippen LogP contribution < -0.4 is 0 Å². The predicted molar refractivity (Wildman–Crippen MR) is 141 cm³/mol. The van der Waals surface area contributed by atoms with E-state index in [9.17, 15) is 0 Å². The number of aromatic amines is 1. The first-order valence-electron chi connectivity index (χ1n) is 11.2. The summed E-state index contributed by atoms with van der Waals surface area (Å²) in [6.45, 7) is 0. The summed E-state index contributed by atoms with van der Waals surface area (Å²) >= 11 is 3.66. The van der Waals surface area contributed by atoms with Crippen LogP contribution in [0.3, 0.4) is 0 Å². The maximum atomic E-state index is 3.68. The summed E-state index contributed by atoms with van der Waals surface area (Å²) in [5.41, 5.74) is 9.86. The lowest BCUT2D eigenvalue weighted by Gasteiger charge is -2.33. The number of nitrogens with one attached hydrogen (secondary N) is 1. The zero-order valence-electron chi connectivity index (χ0n) is 17.8. The van der Waals surface area contributed by atoms with E-state index in [2.05, 4.69) is 136 Å². The molecule has 0 spiro atoms. The molecule has 0 fully saturated rings. The monoisotopic (exact) mass is 485 g/mol. The first-order chi connectivity index (χ1) is 16.3. The molecule has 0 aliphatic heterocycles. The highest BCUT2D eigenvalue weighted by molar-refractivity contribution is 9.10. The smallest absolute Gasteiger partial charge is 0.0714 e. The molecule has 1 aliphatic rings. The molecule has 0 atom stereocenters. The predicted octanol–water partition coefficient (Wildman–Crippen LogP) is 8.45. The van der Waals surface area contributed by atoms with E-state index >= 15 is 0 Å². The highest BCUT2D eigenvalue weighted by Crippen LogP contribution is 2.57. The topological polar surface area (TPSA) is 15.8 Å². The SMILES string of the molecule is Brc1ccc2[nH]c3cc4c(cc3c2c1)-c1ccccc1C4(c1ccccc1)c1ccccc1. The van der Waals surface area contributed by atoms with Crippen molar-refractivity contribution in [3.63, 3.8) is 0 Å². The van der Waals surface area contributed by atoms with Crippen molar-refractivity contribution < 1.29 is 0 Å². The molecule has 1 nitrogen and oxygen atoms in total. The molecule has 6 aromatic rings. The molecule has 0 radical (unpaired) electrons. The highest BCUT2D eigenvalue weighted by atomic mass is 79.9. The number of benzene rings is 5. The summed E-state index contributed by atoms with van der Waals surface area (Å²) in [5.74, 6) is 0. The molecular formula is C31H20BrN. The van der Waals surface area contributed by atoms with Gasteiger partial charge in [-0.1, -0.05) is 101 Å². The molecule has 2 heteroatoms. The molecule has 156 valence electrons. The van der Waals surface area contributed by atoms with Gasteiger partial charge in [-0.15, -0.1) is 0 Å². The number of H-pyrrole nitrogens is 1. The zero-order chi connectivity index (χ0) is 22.0. The molecule has 0 unspecified atom stereocenters. The van der Waals surface area contributed by atoms with Crippen LogP contribution in [-0.4, -0.2) is 4.98 Å². The van der Waals surface area contributed by atoms with Gasteiger partial charge in [0.2, 0.25) is 0 Å². The van der Waals surface area contributed by atoms with Crippen LogP contribution in [0.1, 0.15) is 22.3 Å². The number of aromatic nitrogens is 1. The van der Waals surface area contributed by atoms with Crippen LogP contribution in [-0.2, 0) is 5.41 Å². The third-order valence-corrected chi connectivity index (χ3v) is 7.63. The van der Waals surface area contributed by atoms with Gasteiger partial charge >= 0.3 is 0 Å². The second-order valence-corrected chi connectivity index (χ2v) is 9.70. The van der Waals surface area contributed by atoms with E-state index in [4.69, 9.17) is 0 Å². The Bertz CT molecular complexity index is 1620. The number of halogens is 1. The van der Waals surface area contributed by atoms with Crippen molar-refractivity contribution in [3.05, 3.63) is 142 Å². The Morgan fingerprint density at radius 2 is 1.15 bits per heavy atom. The fraction of sp³-hybridized carbons (Fsp3) is 0.0323. The van der Waals surface area contributed by atoms with E-state index in [0.29, 0.717) is 0 Å². The summed E-state index contributed by atoms with van der Waals surface area (Å²) in [6.07, 6.45) is 0. The molecule has 0 saturated carbocycles. The van der Waals surface area contributed by atoms with Crippen LogP contribution in [0.5, 0.6) is 0 Å². The zero-order valence-corrected chi connectivity index (χ0v) is 19.4. The molecule has 1 heterocycles. The lowest BCUT2D eigenvalue weighted by Crippen LogP contribution is -2.28. The molecule has 0 saturated heterocycles. The van der Waals surface area contributed by atoms with Crippen LogP contribution in [0.4, 0.5) is 0 Å². The maximum absolute atomic E-state index is 3.68. The van der Waals surface area contributed by atoms with Gasteiger partial charge in [-0.3, -0.25) is 0 Å². The van der Waals surface area contributed by atoms with Crippen molar-refractivity contribution in [3.8, 4) is 11.1 Å². The molecule has 0 bridgehead atoms. The van der Waals surface area contributed by atoms with E-state index in [1.807, 2.05) is 0 Å². The fourth-order valence-corrected chi connectivity index (χ4v) is 6.17. The van der Waals surface area contributed by atoms with E-state index in [1.54, 1.807) is 0 Å². The minimum atomic E-state index is -0.361. The van der Waals surface area contributed by atoms with Crippen LogP contribution in [0.2, 0.25) is 0 Å². The summed E-state index contributed by atoms with van der Waals surface area (Å²) < 4.78 is 1.10. The minimum absolute atomic E-state index is 0.361. The second kappa shape index (κ2) is 6.94. The Hall–Kier alpha value is -3.62. The second-order valence-electron chi connectivity index (χ2n) is 8.79. The third-order valence-electron chi connectivity index (χ3n) is 7.14. The Morgan fingerprint density at radius 1 is 0.515 bits per heavy atom. The van der Waals surface area contributed by atoms with Crippen LogP contribution in [0, 0.1) is 0 Å². The lowest BCUT2D eigenvalue weighted by atomic mass is 9.67. The molecule has 7 rings (SSSR count). The van der Waals surface area contributed by atoms with Gasteiger partial charge in [0.1, 0.15) is 0 Å². The molecule has 33 heavy (non-hydrogen) atoms. The molecular weight excluding hydrogens is 466 g/mol. The highest BCUT2D eigenvalue weighted by Gasteiger charge is 2.46. The summed E-state index contributed by atoms with van der Waals surface area (Å²) in [5, 5.41) is 2.51. The average molecular weight is 486 g/mol. The largest absolute Gasteiger partial charge is 0.354 e. The first kappa shape index (κ1) is 18.9. The van der Waals surface area contributed by atoms with E-state index in [0.717, 1.165) is 9.99 Å². The van der Waals surface area contributed by atoms with Gasteiger partial charge in [-0.05, 0) is 63.7 Å². The van der Waals surface area contributed by atoms with Crippen molar-refractivity contribution in [2.75, 3.05) is 0 Å². The van der Waals surface area contributed by atoms with Gasteiger partial charge in [0.25, 0.3) is 0 Å². The van der Waals surface area contributed by atoms with E-state index < -0.39 is 0 Å². The number of hydrogen-bond donors (Lipinski definition) is 1. The van der Waals surface area contributed by atoms with Crippen molar-refractivity contribution >= 4 is 37.7 Å². The van der Waals surface area contributed by atoms with Gasteiger partial charge in [0.15, 0.2) is 0 Å². The van der Waals surface area contributed by atoms with E-state index in [1.165, 1.54) is 49.7 Å². The van der Waals surface area contributed by atoms with Crippen molar-refractivity contribution in [1.29, 1.82) is 0 Å². The Balaban J connectivity index is 1.68. The maximum Gasteiger partial charge on any atom is 0.0714 e. The van der Waals surface area contributed by atoms with Gasteiger partial charge in [0, 0.05) is 26.3 Å². The lowest BCUT2D eigenvalue weighted by molar-refractivity contribution is 0.769. The van der Waals surface area contributed by atoms with Gasteiger partial charge in [-0.2, -0.15) is 0 Å². The molecule has 1 aromatic heterocycles. The van der Waals surface area contributed by atoms with Crippen molar-refractivity contribution in [1.82, 2.24) is 4.98 Å². The Morgan fingerprint density at radius 3 is 1.88 bits per heavy atom. The minimum Gasteiger partial charge on any atom is -0.354 e. The van der Waals surface area contributed by atoms with Crippen LogP contribution in [0.25, 0.3) is 32.9 Å². The first-order valence-corrected chi connectivity index (χ1v) is 12.0. The number of fused-ring (bicyclic) bond motifs is 6. The van der Waals surface area contributed by atoms with E-state index in [-0.39, 0.29) is 5.41 Å². The van der Waals surface area contributed by atoms with Gasteiger partial charge in [0.05, 0.1) is 5.41 Å². The summed E-state index contributed by atoms with van der Waals surface area (Å²) in [4.78, 5) is 3.68. The van der Waals surface area contributed by atoms with Crippen molar-refractivity contribution in [2.45, 2.75) is 5.41 Å². The van der Waals surface area contributed by atoms with Gasteiger partial charge < -0.3 is 4.98 Å².